The number of hydrogen-bond acceptors (Lipinski definition) is 6. The van der Waals surface area contributed by atoms with Crippen LogP contribution >= 0.6 is 11.3 Å². The van der Waals surface area contributed by atoms with Gasteiger partial charge in [0.1, 0.15) is 11.4 Å². The van der Waals surface area contributed by atoms with E-state index in [2.05, 4.69) is 21.3 Å². The Morgan fingerprint density at radius 2 is 2.04 bits per heavy atom. The van der Waals surface area contributed by atoms with Gasteiger partial charge in [0.05, 0.1) is 12.3 Å². The topological polar surface area (TPSA) is 57.7 Å². The molecule has 1 aromatic heterocycles. The summed E-state index contributed by atoms with van der Waals surface area (Å²) >= 11 is 1.52. The van der Waals surface area contributed by atoms with E-state index in [-0.39, 0.29) is 5.91 Å². The van der Waals surface area contributed by atoms with Gasteiger partial charge >= 0.3 is 0 Å². The summed E-state index contributed by atoms with van der Waals surface area (Å²) in [6.07, 6.45) is 2.40. The normalized spacial score (nSPS) is 17.3. The van der Waals surface area contributed by atoms with Gasteiger partial charge in [-0.2, -0.15) is 0 Å². The zero-order valence-corrected chi connectivity index (χ0v) is 15.8. The summed E-state index contributed by atoms with van der Waals surface area (Å²) in [6.45, 7) is 5.63. The second kappa shape index (κ2) is 7.53. The maximum absolute atomic E-state index is 12.7. The Balaban J connectivity index is 1.37. The van der Waals surface area contributed by atoms with Gasteiger partial charge in [-0.05, 0) is 31.9 Å². The maximum Gasteiger partial charge on any atom is 0.273 e. The third-order valence-corrected chi connectivity index (χ3v) is 5.47. The molecule has 2 heterocycles. The third-order valence-electron chi connectivity index (χ3n) is 4.70. The van der Waals surface area contributed by atoms with Crippen molar-refractivity contribution in [1.82, 2.24) is 9.88 Å². The van der Waals surface area contributed by atoms with Gasteiger partial charge in [0.25, 0.3) is 5.91 Å². The van der Waals surface area contributed by atoms with Gasteiger partial charge in [-0.15, -0.1) is 11.3 Å². The molecule has 0 spiro atoms. The van der Waals surface area contributed by atoms with Crippen molar-refractivity contribution in [3.63, 3.8) is 0 Å². The summed E-state index contributed by atoms with van der Waals surface area (Å²) in [6, 6.07) is 8.65. The van der Waals surface area contributed by atoms with Crippen molar-refractivity contribution in [1.29, 1.82) is 0 Å². The molecule has 6 nitrogen and oxygen atoms in total. The van der Waals surface area contributed by atoms with Gasteiger partial charge in [-0.1, -0.05) is 12.1 Å². The molecule has 1 N–H and O–H groups in total. The number of ether oxygens (including phenoxy) is 1. The number of thiazole rings is 1. The van der Waals surface area contributed by atoms with Gasteiger partial charge in [-0.25, -0.2) is 4.98 Å². The Kier molecular flexibility index (Phi) is 4.97. The van der Waals surface area contributed by atoms with Crippen molar-refractivity contribution < 1.29 is 9.53 Å². The van der Waals surface area contributed by atoms with E-state index in [9.17, 15) is 4.79 Å². The van der Waals surface area contributed by atoms with E-state index < -0.39 is 0 Å². The lowest BCUT2D eigenvalue weighted by Crippen LogP contribution is -2.49. The molecule has 1 aromatic carbocycles. The number of para-hydroxylation sites is 2. The molecule has 4 rings (SSSR count). The molecular formula is C19H24N4O2S. The SMILES string of the molecule is CCOc1ccccc1N1CCN(C(=O)c2csc(NC3CC3)n2)CC1. The fraction of sp³-hybridized carbons (Fsp3) is 0.474. The first-order valence-electron chi connectivity index (χ1n) is 9.22. The molecule has 0 bridgehead atoms. The number of piperazine rings is 1. The summed E-state index contributed by atoms with van der Waals surface area (Å²) in [5, 5.41) is 6.08. The molecule has 2 fully saturated rings. The van der Waals surface area contributed by atoms with Crippen LogP contribution in [0.3, 0.4) is 0 Å². The largest absolute Gasteiger partial charge is 0.492 e. The summed E-state index contributed by atoms with van der Waals surface area (Å²) in [5.41, 5.74) is 1.66. The number of nitrogens with one attached hydrogen (secondary N) is 1. The van der Waals surface area contributed by atoms with Gasteiger partial charge < -0.3 is 19.9 Å². The third kappa shape index (κ3) is 3.77. The molecule has 1 saturated heterocycles. The number of benzene rings is 1. The molecule has 2 aromatic rings. The number of amides is 1. The average Bonchev–Trinajstić information content (AvgIpc) is 3.37. The molecule has 0 unspecified atom stereocenters. The van der Waals surface area contributed by atoms with Crippen LogP contribution in [0, 0.1) is 0 Å². The summed E-state index contributed by atoms with van der Waals surface area (Å²) in [5.74, 6) is 0.938. The van der Waals surface area contributed by atoms with Crippen molar-refractivity contribution in [2.24, 2.45) is 0 Å². The molecule has 2 aliphatic rings. The Hall–Kier alpha value is -2.28. The zero-order valence-electron chi connectivity index (χ0n) is 15.0. The molecule has 0 atom stereocenters. The summed E-state index contributed by atoms with van der Waals surface area (Å²) < 4.78 is 5.74. The highest BCUT2D eigenvalue weighted by atomic mass is 32.1. The minimum absolute atomic E-state index is 0.0304. The lowest BCUT2D eigenvalue weighted by molar-refractivity contribution is 0.0741. The van der Waals surface area contributed by atoms with Crippen LogP contribution in [0.1, 0.15) is 30.3 Å². The van der Waals surface area contributed by atoms with Crippen LogP contribution < -0.4 is 15.0 Å². The Morgan fingerprint density at radius 3 is 2.77 bits per heavy atom. The number of carbonyl (C=O) groups is 1. The highest BCUT2D eigenvalue weighted by Gasteiger charge is 2.26. The molecule has 26 heavy (non-hydrogen) atoms. The second-order valence-corrected chi connectivity index (χ2v) is 7.49. The van der Waals surface area contributed by atoms with Crippen molar-refractivity contribution in [2.45, 2.75) is 25.8 Å². The first-order valence-corrected chi connectivity index (χ1v) is 10.1. The molecule has 1 saturated carbocycles. The van der Waals surface area contributed by atoms with Crippen LogP contribution in [0.25, 0.3) is 0 Å². The number of anilines is 2. The molecule has 1 aliphatic heterocycles. The molecule has 1 amide bonds. The minimum Gasteiger partial charge on any atom is -0.492 e. The van der Waals surface area contributed by atoms with Crippen molar-refractivity contribution in [3.05, 3.63) is 35.3 Å². The second-order valence-electron chi connectivity index (χ2n) is 6.64. The number of nitrogens with zero attached hydrogens (tertiary/aromatic N) is 3. The van der Waals surface area contributed by atoms with Gasteiger partial charge in [-0.3, -0.25) is 4.79 Å². The lowest BCUT2D eigenvalue weighted by atomic mass is 10.2. The highest BCUT2D eigenvalue weighted by Crippen LogP contribution is 2.30. The van der Waals surface area contributed by atoms with E-state index in [0.29, 0.717) is 31.4 Å². The van der Waals surface area contributed by atoms with E-state index in [1.54, 1.807) is 0 Å². The molecule has 1 aliphatic carbocycles. The number of aromatic nitrogens is 1. The average molecular weight is 372 g/mol. The van der Waals surface area contributed by atoms with E-state index in [1.165, 1.54) is 24.2 Å². The quantitative estimate of drug-likeness (QED) is 0.844. The van der Waals surface area contributed by atoms with Gasteiger partial charge in [0.2, 0.25) is 0 Å². The highest BCUT2D eigenvalue weighted by molar-refractivity contribution is 7.13. The molecule has 7 heteroatoms. The van der Waals surface area contributed by atoms with E-state index in [1.807, 2.05) is 35.4 Å². The fourth-order valence-electron chi connectivity index (χ4n) is 3.15. The smallest absolute Gasteiger partial charge is 0.273 e. The standard InChI is InChI=1S/C19H24N4O2S/c1-2-25-17-6-4-3-5-16(17)22-9-11-23(12-10-22)18(24)15-13-26-19(21-15)20-14-7-8-14/h3-6,13-14H,2,7-12H2,1H3,(H,20,21). The van der Waals surface area contributed by atoms with Crippen LogP contribution in [-0.2, 0) is 0 Å². The van der Waals surface area contributed by atoms with Crippen molar-refractivity contribution in [2.75, 3.05) is 43.0 Å². The van der Waals surface area contributed by atoms with Gasteiger partial charge in [0.15, 0.2) is 5.13 Å². The van der Waals surface area contributed by atoms with Crippen LogP contribution in [0.4, 0.5) is 10.8 Å². The molecular weight excluding hydrogens is 348 g/mol. The van der Waals surface area contributed by atoms with Crippen LogP contribution in [-0.4, -0.2) is 54.6 Å². The van der Waals surface area contributed by atoms with Crippen molar-refractivity contribution >= 4 is 28.1 Å². The van der Waals surface area contributed by atoms with Crippen LogP contribution in [0.5, 0.6) is 5.75 Å². The molecule has 0 radical (unpaired) electrons. The summed E-state index contributed by atoms with van der Waals surface area (Å²) in [7, 11) is 0. The number of hydrogen-bond donors (Lipinski definition) is 1. The van der Waals surface area contributed by atoms with E-state index >= 15 is 0 Å². The Morgan fingerprint density at radius 1 is 1.27 bits per heavy atom. The Bertz CT molecular complexity index is 766. The monoisotopic (exact) mass is 372 g/mol. The first kappa shape index (κ1) is 17.1. The predicted octanol–water partition coefficient (Wildman–Crippen LogP) is 3.08. The first-order chi connectivity index (χ1) is 12.7. The maximum atomic E-state index is 12.7. The zero-order chi connectivity index (χ0) is 17.9. The minimum atomic E-state index is 0.0304. The Labute approximate surface area is 157 Å². The lowest BCUT2D eigenvalue weighted by Gasteiger charge is -2.36. The van der Waals surface area contributed by atoms with Gasteiger partial charge in [0, 0.05) is 37.6 Å². The van der Waals surface area contributed by atoms with E-state index in [0.717, 1.165) is 29.7 Å². The molecule has 138 valence electrons. The van der Waals surface area contributed by atoms with Crippen molar-refractivity contribution in [3.8, 4) is 5.75 Å². The van der Waals surface area contributed by atoms with Crippen LogP contribution in [0.2, 0.25) is 0 Å². The summed E-state index contributed by atoms with van der Waals surface area (Å²) in [4.78, 5) is 21.4. The van der Waals surface area contributed by atoms with Crippen LogP contribution in [0.15, 0.2) is 29.6 Å². The van der Waals surface area contributed by atoms with E-state index in [4.69, 9.17) is 4.74 Å². The number of rotatable bonds is 6. The number of carbonyl (C=O) groups excluding carboxylic acids is 1. The predicted molar refractivity (Wildman–Crippen MR) is 104 cm³/mol. The fourth-order valence-corrected chi connectivity index (χ4v) is 3.91.